The van der Waals surface area contributed by atoms with E-state index >= 15 is 0 Å². The van der Waals surface area contributed by atoms with E-state index in [4.69, 9.17) is 9.47 Å². The minimum Gasteiger partial charge on any atom is -0.370 e. The highest BCUT2D eigenvalue weighted by Crippen LogP contribution is 2.40. The molecule has 3 saturated heterocycles. The van der Waals surface area contributed by atoms with Gasteiger partial charge in [-0.15, -0.1) is 0 Å². The third kappa shape index (κ3) is 1.09. The lowest BCUT2D eigenvalue weighted by molar-refractivity contribution is -0.272. The van der Waals surface area contributed by atoms with E-state index in [0.717, 1.165) is 19.6 Å². The Kier molecular flexibility index (Phi) is 1.52. The van der Waals surface area contributed by atoms with E-state index < -0.39 is 0 Å². The summed E-state index contributed by atoms with van der Waals surface area (Å²) < 4.78 is 11.5. The molecule has 2 atom stereocenters. The summed E-state index contributed by atoms with van der Waals surface area (Å²) in [5, 5.41) is 0. The van der Waals surface area contributed by atoms with Crippen molar-refractivity contribution in [2.75, 3.05) is 13.2 Å². The van der Waals surface area contributed by atoms with Crippen LogP contribution >= 0.6 is 0 Å². The lowest BCUT2D eigenvalue weighted by Gasteiger charge is -2.51. The maximum absolute atomic E-state index is 5.79. The molecule has 2 bridgehead atoms. The Hall–Kier alpha value is -0.0800. The van der Waals surface area contributed by atoms with Crippen LogP contribution in [0.4, 0.5) is 0 Å². The van der Waals surface area contributed by atoms with E-state index in [9.17, 15) is 0 Å². The Morgan fingerprint density at radius 2 is 2.00 bits per heavy atom. The maximum atomic E-state index is 5.79. The highest BCUT2D eigenvalue weighted by Gasteiger charge is 2.47. The molecule has 0 aliphatic carbocycles. The molecule has 2 unspecified atom stereocenters. The predicted molar refractivity (Wildman–Crippen MR) is 42.6 cm³/mol. The molecule has 0 N–H and O–H groups in total. The Balaban J connectivity index is 2.12. The average molecular weight is 156 g/mol. The first-order chi connectivity index (χ1) is 5.18. The fraction of sp³-hybridized carbons (Fsp3) is 1.00. The maximum Gasteiger partial charge on any atom is 0.0915 e. The van der Waals surface area contributed by atoms with Crippen LogP contribution < -0.4 is 0 Å². The molecule has 0 aromatic rings. The third-order valence-electron chi connectivity index (χ3n) is 3.12. The molecule has 64 valence electrons. The van der Waals surface area contributed by atoms with Crippen LogP contribution in [-0.2, 0) is 9.47 Å². The van der Waals surface area contributed by atoms with E-state index in [1.807, 2.05) is 0 Å². The molecule has 11 heavy (non-hydrogen) atoms. The van der Waals surface area contributed by atoms with Crippen molar-refractivity contribution in [1.29, 1.82) is 0 Å². The van der Waals surface area contributed by atoms with Gasteiger partial charge < -0.3 is 9.47 Å². The van der Waals surface area contributed by atoms with Crippen LogP contribution in [0, 0.1) is 0 Å². The molecule has 0 aromatic carbocycles. The van der Waals surface area contributed by atoms with Crippen molar-refractivity contribution in [1.82, 2.24) is 0 Å². The van der Waals surface area contributed by atoms with Crippen molar-refractivity contribution in [2.24, 2.45) is 0 Å². The molecule has 0 radical (unpaired) electrons. The van der Waals surface area contributed by atoms with Gasteiger partial charge in [-0.3, -0.25) is 0 Å². The van der Waals surface area contributed by atoms with Gasteiger partial charge in [-0.1, -0.05) is 6.92 Å². The van der Waals surface area contributed by atoms with Crippen LogP contribution in [0.2, 0.25) is 0 Å². The molecule has 3 aliphatic heterocycles. The van der Waals surface area contributed by atoms with E-state index in [1.165, 1.54) is 12.8 Å². The monoisotopic (exact) mass is 156 g/mol. The van der Waals surface area contributed by atoms with E-state index in [0.29, 0.717) is 0 Å². The van der Waals surface area contributed by atoms with Gasteiger partial charge in [0.15, 0.2) is 0 Å². The second kappa shape index (κ2) is 2.20. The number of ether oxygens (including phenoxy) is 2. The smallest absolute Gasteiger partial charge is 0.0915 e. The van der Waals surface area contributed by atoms with Crippen LogP contribution in [0.5, 0.6) is 0 Å². The molecule has 0 amide bonds. The molecule has 2 nitrogen and oxygen atoms in total. The summed E-state index contributed by atoms with van der Waals surface area (Å²) in [6.45, 7) is 5.92. The Bertz CT molecular complexity index is 140. The summed E-state index contributed by atoms with van der Waals surface area (Å²) >= 11 is 0. The van der Waals surface area contributed by atoms with Crippen LogP contribution in [0.1, 0.15) is 33.1 Å². The van der Waals surface area contributed by atoms with E-state index in [2.05, 4.69) is 13.8 Å². The van der Waals surface area contributed by atoms with Crippen LogP contribution in [-0.4, -0.2) is 24.4 Å². The molecule has 3 fully saturated rings. The summed E-state index contributed by atoms with van der Waals surface area (Å²) in [6, 6.07) is 0. The minimum atomic E-state index is 0.0386. The van der Waals surface area contributed by atoms with Gasteiger partial charge >= 0.3 is 0 Å². The largest absolute Gasteiger partial charge is 0.370 e. The van der Waals surface area contributed by atoms with Crippen molar-refractivity contribution in [3.63, 3.8) is 0 Å². The van der Waals surface area contributed by atoms with Crippen molar-refractivity contribution >= 4 is 0 Å². The minimum absolute atomic E-state index is 0.0386. The normalized spacial score (nSPS) is 49.6. The topological polar surface area (TPSA) is 18.5 Å². The molecule has 2 heteroatoms. The Morgan fingerprint density at radius 3 is 2.36 bits per heavy atom. The second-order valence-electron chi connectivity index (χ2n) is 4.06. The zero-order valence-corrected chi connectivity index (χ0v) is 7.35. The van der Waals surface area contributed by atoms with Crippen molar-refractivity contribution in [3.8, 4) is 0 Å². The van der Waals surface area contributed by atoms with E-state index in [-0.39, 0.29) is 11.2 Å². The van der Waals surface area contributed by atoms with Crippen molar-refractivity contribution in [2.45, 2.75) is 44.3 Å². The highest BCUT2D eigenvalue weighted by molar-refractivity contribution is 4.96. The molecular weight excluding hydrogens is 140 g/mol. The van der Waals surface area contributed by atoms with Crippen LogP contribution in [0.15, 0.2) is 0 Å². The first-order valence-electron chi connectivity index (χ1n) is 4.46. The third-order valence-corrected chi connectivity index (χ3v) is 3.12. The first kappa shape index (κ1) is 7.56. The van der Waals surface area contributed by atoms with Gasteiger partial charge in [-0.05, 0) is 26.2 Å². The van der Waals surface area contributed by atoms with Gasteiger partial charge in [-0.2, -0.15) is 0 Å². The summed E-state index contributed by atoms with van der Waals surface area (Å²) in [5.74, 6) is 0. The Labute approximate surface area is 67.9 Å². The van der Waals surface area contributed by atoms with E-state index in [1.54, 1.807) is 0 Å². The summed E-state index contributed by atoms with van der Waals surface area (Å²) in [5.41, 5.74) is 0.120. The Morgan fingerprint density at radius 1 is 1.18 bits per heavy atom. The van der Waals surface area contributed by atoms with Crippen molar-refractivity contribution in [3.05, 3.63) is 0 Å². The number of hydrogen-bond donors (Lipinski definition) is 0. The van der Waals surface area contributed by atoms with Gasteiger partial charge in [-0.25, -0.2) is 0 Å². The lowest BCUT2D eigenvalue weighted by atomic mass is 9.82. The summed E-state index contributed by atoms with van der Waals surface area (Å²) in [4.78, 5) is 0. The van der Waals surface area contributed by atoms with Crippen LogP contribution in [0.25, 0.3) is 0 Å². The molecule has 0 saturated carbocycles. The molecule has 0 spiro atoms. The fourth-order valence-electron chi connectivity index (χ4n) is 1.86. The summed E-state index contributed by atoms with van der Waals surface area (Å²) in [7, 11) is 0. The zero-order valence-electron chi connectivity index (χ0n) is 7.35. The van der Waals surface area contributed by atoms with Crippen LogP contribution in [0.3, 0.4) is 0 Å². The van der Waals surface area contributed by atoms with Gasteiger partial charge in [0.1, 0.15) is 0 Å². The van der Waals surface area contributed by atoms with Gasteiger partial charge in [0.05, 0.1) is 24.4 Å². The lowest BCUT2D eigenvalue weighted by Crippen LogP contribution is -2.57. The number of rotatable bonds is 1. The van der Waals surface area contributed by atoms with Crippen molar-refractivity contribution < 1.29 is 9.47 Å². The highest BCUT2D eigenvalue weighted by atomic mass is 16.6. The molecule has 3 heterocycles. The zero-order chi connectivity index (χ0) is 7.95. The quantitative estimate of drug-likeness (QED) is 0.575. The summed E-state index contributed by atoms with van der Waals surface area (Å²) in [6.07, 6.45) is 3.43. The SMILES string of the molecule is CCC12CCC(C)(CO1)OC2. The second-order valence-corrected chi connectivity index (χ2v) is 4.06. The first-order valence-corrected chi connectivity index (χ1v) is 4.46. The molecule has 0 aromatic heterocycles. The molecular formula is C9H16O2. The number of fused-ring (bicyclic) bond motifs is 3. The molecule has 3 rings (SSSR count). The van der Waals surface area contributed by atoms with Gasteiger partial charge in [0.2, 0.25) is 0 Å². The number of hydrogen-bond acceptors (Lipinski definition) is 2. The molecule has 3 aliphatic rings. The fourth-order valence-corrected chi connectivity index (χ4v) is 1.86. The predicted octanol–water partition coefficient (Wildman–Crippen LogP) is 1.73. The van der Waals surface area contributed by atoms with Gasteiger partial charge in [0.25, 0.3) is 0 Å². The van der Waals surface area contributed by atoms with Gasteiger partial charge in [0, 0.05) is 0 Å². The standard InChI is InChI=1S/C9H16O2/c1-3-9-5-4-8(2,6-11-9)10-7-9/h3-7H2,1-2H3. The average Bonchev–Trinajstić information content (AvgIpc) is 2.07.